The van der Waals surface area contributed by atoms with E-state index in [4.69, 9.17) is 37.0 Å². The minimum atomic E-state index is -4.95. The summed E-state index contributed by atoms with van der Waals surface area (Å²) < 4.78 is 68.3. The lowest BCUT2D eigenvalue weighted by atomic mass is 9.99. The summed E-state index contributed by atoms with van der Waals surface area (Å²) in [5.74, 6) is 0.928. The van der Waals surface area contributed by atoms with Gasteiger partial charge in [-0.15, -0.1) is 0 Å². The van der Waals surface area contributed by atoms with Crippen molar-refractivity contribution in [3.8, 4) is 0 Å². The SMILES string of the molecule is CCC(C)CCCCCCCCCCCCC(=O)OC[C@H](COP(=O)(O)OCC(O)COP(=O)(O)OC[C@@H](COC(=O)CCCCCCCCCCC(C)C)OC(=O)CCCCCCCCCCC(C)CC)OC(=O)CCCCCCCCCCCCC(C)C. The Kier molecular flexibility index (Phi) is 59.4. The zero-order chi connectivity index (χ0) is 66.8. The van der Waals surface area contributed by atoms with Crippen LogP contribution in [0, 0.1) is 23.7 Å². The summed E-state index contributed by atoms with van der Waals surface area (Å²) >= 11 is 0. The van der Waals surface area contributed by atoms with Crippen molar-refractivity contribution < 1.29 is 80.2 Å². The predicted molar refractivity (Wildman–Crippen MR) is 363 cm³/mol. The lowest BCUT2D eigenvalue weighted by molar-refractivity contribution is -0.161. The van der Waals surface area contributed by atoms with Gasteiger partial charge in [-0.05, 0) is 49.4 Å². The molecule has 90 heavy (non-hydrogen) atoms. The van der Waals surface area contributed by atoms with Crippen LogP contribution < -0.4 is 0 Å². The minimum absolute atomic E-state index is 0.104. The normalized spacial score (nSPS) is 14.9. The molecule has 5 unspecified atom stereocenters. The van der Waals surface area contributed by atoms with E-state index in [2.05, 4.69) is 55.4 Å². The quantitative estimate of drug-likeness (QED) is 0.0222. The topological polar surface area (TPSA) is 237 Å². The number of aliphatic hydroxyl groups is 1. The molecular formula is C71H138O17P2. The third-order valence-electron chi connectivity index (χ3n) is 17.0. The fourth-order valence-electron chi connectivity index (χ4n) is 10.6. The number of hydrogen-bond acceptors (Lipinski definition) is 15. The fourth-order valence-corrected chi connectivity index (χ4v) is 12.2. The summed E-state index contributed by atoms with van der Waals surface area (Å²) in [6, 6.07) is 0. The standard InChI is InChI=1S/C71H138O17P2/c1-9-63(7)49-41-33-25-16-12-14-17-27-35-43-51-68(73)81-57-66(87-70(75)53-45-37-29-18-13-11-15-23-31-39-47-61(3)4)59-85-89(77,78)83-55-65(72)56-84-90(79,80)86-60-67(58-82-69(74)52-44-36-28-21-19-24-32-40-48-62(5)6)88-71(76)54-46-38-30-22-20-26-34-42-50-64(8)10-2/h61-67,72H,9-60H2,1-8H3,(H,77,78)(H,79,80)/t63?,64?,65?,66-,67-/m1/s1. The van der Waals surface area contributed by atoms with E-state index in [1.54, 1.807) is 0 Å². The Balaban J connectivity index is 5.28. The molecule has 0 radical (unpaired) electrons. The van der Waals surface area contributed by atoms with Gasteiger partial charge in [0.1, 0.15) is 19.3 Å². The van der Waals surface area contributed by atoms with Crippen LogP contribution in [0.15, 0.2) is 0 Å². The fraction of sp³-hybridized carbons (Fsp3) is 0.944. The average molecular weight is 1330 g/mol. The maximum atomic E-state index is 13.0. The van der Waals surface area contributed by atoms with E-state index in [-0.39, 0.29) is 25.7 Å². The van der Waals surface area contributed by atoms with Crippen LogP contribution in [0.25, 0.3) is 0 Å². The van der Waals surface area contributed by atoms with Gasteiger partial charge in [0.25, 0.3) is 0 Å². The van der Waals surface area contributed by atoms with E-state index in [9.17, 15) is 43.2 Å². The van der Waals surface area contributed by atoms with Gasteiger partial charge in [0.15, 0.2) is 12.2 Å². The van der Waals surface area contributed by atoms with Crippen LogP contribution in [0.5, 0.6) is 0 Å². The van der Waals surface area contributed by atoms with Crippen molar-refractivity contribution in [2.24, 2.45) is 23.7 Å². The highest BCUT2D eigenvalue weighted by atomic mass is 31.2. The summed E-state index contributed by atoms with van der Waals surface area (Å²) in [6.45, 7) is 14.1. The molecule has 0 aromatic heterocycles. The highest BCUT2D eigenvalue weighted by Crippen LogP contribution is 2.45. The van der Waals surface area contributed by atoms with E-state index in [0.717, 1.165) is 114 Å². The van der Waals surface area contributed by atoms with Crippen LogP contribution in [0.2, 0.25) is 0 Å². The van der Waals surface area contributed by atoms with E-state index in [1.165, 1.54) is 154 Å². The molecule has 19 heteroatoms. The predicted octanol–water partition coefficient (Wildman–Crippen LogP) is 20.1. The first-order chi connectivity index (χ1) is 43.2. The summed E-state index contributed by atoms with van der Waals surface area (Å²) in [7, 11) is -9.91. The van der Waals surface area contributed by atoms with Crippen molar-refractivity contribution >= 4 is 39.5 Å². The van der Waals surface area contributed by atoms with Crippen LogP contribution in [0.3, 0.4) is 0 Å². The number of esters is 4. The molecule has 3 N–H and O–H groups in total. The van der Waals surface area contributed by atoms with Crippen molar-refractivity contribution in [3.05, 3.63) is 0 Å². The van der Waals surface area contributed by atoms with Crippen LogP contribution >= 0.6 is 15.6 Å². The molecule has 0 aromatic rings. The van der Waals surface area contributed by atoms with E-state index >= 15 is 0 Å². The Morgan fingerprint density at radius 1 is 0.311 bits per heavy atom. The largest absolute Gasteiger partial charge is 0.472 e. The molecule has 0 aliphatic heterocycles. The molecule has 0 saturated heterocycles. The number of carbonyl (C=O) groups excluding carboxylic acids is 4. The second-order valence-corrected chi connectivity index (χ2v) is 30.0. The highest BCUT2D eigenvalue weighted by Gasteiger charge is 2.30. The zero-order valence-corrected chi connectivity index (χ0v) is 60.6. The number of phosphoric acid groups is 2. The van der Waals surface area contributed by atoms with Gasteiger partial charge >= 0.3 is 39.5 Å². The second-order valence-electron chi connectivity index (χ2n) is 27.1. The van der Waals surface area contributed by atoms with Gasteiger partial charge in [-0.2, -0.15) is 0 Å². The Labute approximate surface area is 549 Å². The monoisotopic (exact) mass is 1320 g/mol. The van der Waals surface area contributed by atoms with E-state index < -0.39 is 97.5 Å². The minimum Gasteiger partial charge on any atom is -0.462 e. The van der Waals surface area contributed by atoms with Gasteiger partial charge < -0.3 is 33.8 Å². The number of hydrogen-bond donors (Lipinski definition) is 3. The van der Waals surface area contributed by atoms with Gasteiger partial charge in [0, 0.05) is 25.7 Å². The first-order valence-electron chi connectivity index (χ1n) is 36.8. The number of rotatable bonds is 68. The maximum absolute atomic E-state index is 13.0. The summed E-state index contributed by atoms with van der Waals surface area (Å²) in [6.07, 6.45) is 42.9. The molecular weight excluding hydrogens is 1190 g/mol. The van der Waals surface area contributed by atoms with E-state index in [0.29, 0.717) is 25.7 Å². The highest BCUT2D eigenvalue weighted by molar-refractivity contribution is 7.47. The Bertz CT molecular complexity index is 1790. The average Bonchev–Trinajstić information content (AvgIpc) is 3.68. The van der Waals surface area contributed by atoms with Crippen molar-refractivity contribution in [2.75, 3.05) is 39.6 Å². The molecule has 0 bridgehead atoms. The molecule has 7 atom stereocenters. The van der Waals surface area contributed by atoms with E-state index in [1.807, 2.05) is 0 Å². The van der Waals surface area contributed by atoms with Gasteiger partial charge in [-0.1, -0.05) is 299 Å². The van der Waals surface area contributed by atoms with Crippen LogP contribution in [0.1, 0.15) is 351 Å². The van der Waals surface area contributed by atoms with Crippen LogP contribution in [0.4, 0.5) is 0 Å². The van der Waals surface area contributed by atoms with Crippen molar-refractivity contribution in [3.63, 3.8) is 0 Å². The molecule has 534 valence electrons. The molecule has 0 rings (SSSR count). The first kappa shape index (κ1) is 88.1. The number of aliphatic hydroxyl groups excluding tert-OH is 1. The molecule has 0 amide bonds. The lowest BCUT2D eigenvalue weighted by Crippen LogP contribution is -2.30. The van der Waals surface area contributed by atoms with Crippen LogP contribution in [-0.4, -0.2) is 96.7 Å². The van der Waals surface area contributed by atoms with Crippen molar-refractivity contribution in [2.45, 2.75) is 369 Å². The zero-order valence-electron chi connectivity index (χ0n) is 58.8. The molecule has 0 fully saturated rings. The molecule has 0 spiro atoms. The third kappa shape index (κ3) is 62.2. The van der Waals surface area contributed by atoms with Gasteiger partial charge in [0.2, 0.25) is 0 Å². The molecule has 17 nitrogen and oxygen atoms in total. The lowest BCUT2D eigenvalue weighted by Gasteiger charge is -2.21. The molecule has 0 aliphatic carbocycles. The van der Waals surface area contributed by atoms with Gasteiger partial charge in [0.05, 0.1) is 26.4 Å². The van der Waals surface area contributed by atoms with Crippen molar-refractivity contribution in [1.29, 1.82) is 0 Å². The summed E-state index contributed by atoms with van der Waals surface area (Å²) in [4.78, 5) is 72.6. The van der Waals surface area contributed by atoms with Crippen LogP contribution in [-0.2, 0) is 65.4 Å². The number of carbonyl (C=O) groups is 4. The van der Waals surface area contributed by atoms with Crippen molar-refractivity contribution in [1.82, 2.24) is 0 Å². The molecule has 0 heterocycles. The number of ether oxygens (including phenoxy) is 4. The number of unbranched alkanes of at least 4 members (excludes halogenated alkanes) is 32. The first-order valence-corrected chi connectivity index (χ1v) is 39.8. The molecule has 0 aromatic carbocycles. The van der Waals surface area contributed by atoms with Gasteiger partial charge in [-0.3, -0.25) is 37.3 Å². The second kappa shape index (κ2) is 60.7. The Hall–Kier alpha value is -1.94. The Morgan fingerprint density at radius 2 is 0.533 bits per heavy atom. The molecule has 0 saturated carbocycles. The third-order valence-corrected chi connectivity index (χ3v) is 18.9. The summed E-state index contributed by atoms with van der Waals surface area (Å²) in [5.41, 5.74) is 0. The maximum Gasteiger partial charge on any atom is 0.472 e. The summed E-state index contributed by atoms with van der Waals surface area (Å²) in [5, 5.41) is 10.6. The smallest absolute Gasteiger partial charge is 0.462 e. The van der Waals surface area contributed by atoms with Gasteiger partial charge in [-0.25, -0.2) is 9.13 Å². The Morgan fingerprint density at radius 3 is 0.789 bits per heavy atom. The number of phosphoric ester groups is 2. The molecule has 0 aliphatic rings.